The average Bonchev–Trinajstić information content (AvgIpc) is 3.16. The van der Waals surface area contributed by atoms with Crippen LogP contribution in [0.25, 0.3) is 0 Å². The summed E-state index contributed by atoms with van der Waals surface area (Å²) in [5.41, 5.74) is 0.495. The van der Waals surface area contributed by atoms with Crippen molar-refractivity contribution in [1.82, 2.24) is 9.21 Å². The van der Waals surface area contributed by atoms with Crippen molar-refractivity contribution in [2.45, 2.75) is 22.6 Å². The van der Waals surface area contributed by atoms with Crippen molar-refractivity contribution < 1.29 is 17.9 Å². The fourth-order valence-electron chi connectivity index (χ4n) is 4.06. The molecule has 0 aliphatic carbocycles. The lowest BCUT2D eigenvalue weighted by atomic mass is 10.0. The van der Waals surface area contributed by atoms with Crippen molar-refractivity contribution in [1.29, 1.82) is 0 Å². The number of piperidine rings is 1. The number of amides is 1. The van der Waals surface area contributed by atoms with Crippen LogP contribution in [0.15, 0.2) is 53.4 Å². The molecule has 2 aromatic carbocycles. The number of halogens is 1. The quantitative estimate of drug-likeness (QED) is 0.687. The van der Waals surface area contributed by atoms with E-state index in [9.17, 15) is 13.2 Å². The number of rotatable bonds is 4. The van der Waals surface area contributed by atoms with Crippen LogP contribution in [0.5, 0.6) is 5.75 Å². The number of carbonyl (C=O) groups is 1. The van der Waals surface area contributed by atoms with Gasteiger partial charge in [-0.2, -0.15) is 4.31 Å². The first-order valence-corrected chi connectivity index (χ1v) is 12.5. The standard InChI is InChI=1S/C21H23ClN2O4S2/c1-28-16-6-8-17(9-7-16)30(26,27)23-12-10-21(11-13-23)24(14-15-29-21)20(25)18-4-2-3-5-19(18)22/h2-9H,10-15H2,1H3. The van der Waals surface area contributed by atoms with Gasteiger partial charge in [0, 0.05) is 25.4 Å². The molecule has 160 valence electrons. The number of nitrogens with zero attached hydrogens (tertiary/aromatic N) is 2. The van der Waals surface area contributed by atoms with Gasteiger partial charge in [0.05, 0.1) is 27.5 Å². The molecule has 0 saturated carbocycles. The smallest absolute Gasteiger partial charge is 0.256 e. The number of methoxy groups -OCH3 is 1. The van der Waals surface area contributed by atoms with E-state index in [4.69, 9.17) is 16.3 Å². The Kier molecular flexibility index (Phi) is 6.03. The van der Waals surface area contributed by atoms with Gasteiger partial charge in [0.25, 0.3) is 5.91 Å². The van der Waals surface area contributed by atoms with Crippen molar-refractivity contribution in [3.63, 3.8) is 0 Å². The Morgan fingerprint density at radius 2 is 1.73 bits per heavy atom. The Morgan fingerprint density at radius 1 is 1.07 bits per heavy atom. The summed E-state index contributed by atoms with van der Waals surface area (Å²) in [6, 6.07) is 13.5. The van der Waals surface area contributed by atoms with Gasteiger partial charge in [-0.05, 0) is 49.2 Å². The summed E-state index contributed by atoms with van der Waals surface area (Å²) in [6.45, 7) is 1.38. The fraction of sp³-hybridized carbons (Fsp3) is 0.381. The van der Waals surface area contributed by atoms with Crippen LogP contribution in [0.1, 0.15) is 23.2 Å². The number of ether oxygens (including phenoxy) is 1. The third-order valence-electron chi connectivity index (χ3n) is 5.73. The Morgan fingerprint density at radius 3 is 2.37 bits per heavy atom. The number of hydrogen-bond donors (Lipinski definition) is 0. The highest BCUT2D eigenvalue weighted by Gasteiger charge is 2.48. The minimum absolute atomic E-state index is 0.0861. The summed E-state index contributed by atoms with van der Waals surface area (Å²) in [5, 5.41) is 0.439. The molecule has 2 aliphatic rings. The first-order chi connectivity index (χ1) is 14.4. The molecule has 6 nitrogen and oxygen atoms in total. The molecule has 1 amide bonds. The molecule has 30 heavy (non-hydrogen) atoms. The van der Waals surface area contributed by atoms with E-state index in [-0.39, 0.29) is 15.7 Å². The number of carbonyl (C=O) groups excluding carboxylic acids is 1. The van der Waals surface area contributed by atoms with Crippen LogP contribution in [0, 0.1) is 0 Å². The van der Waals surface area contributed by atoms with E-state index < -0.39 is 10.0 Å². The molecule has 1 spiro atoms. The Balaban J connectivity index is 1.51. The number of thioether (sulfide) groups is 1. The highest BCUT2D eigenvalue weighted by molar-refractivity contribution is 8.00. The Hall–Kier alpha value is -1.74. The van der Waals surface area contributed by atoms with Gasteiger partial charge in [-0.25, -0.2) is 8.42 Å². The molecular weight excluding hydrogens is 444 g/mol. The highest BCUT2D eigenvalue weighted by atomic mass is 35.5. The summed E-state index contributed by atoms with van der Waals surface area (Å²) in [6.07, 6.45) is 1.17. The normalized spacial score (nSPS) is 19.2. The second-order valence-electron chi connectivity index (χ2n) is 7.31. The zero-order valence-corrected chi connectivity index (χ0v) is 19.0. The maximum absolute atomic E-state index is 13.2. The lowest BCUT2D eigenvalue weighted by Gasteiger charge is -2.43. The largest absolute Gasteiger partial charge is 0.497 e. The molecular formula is C21H23ClN2O4S2. The summed E-state index contributed by atoms with van der Waals surface area (Å²) >= 11 is 7.99. The predicted octanol–water partition coefficient (Wildman–Crippen LogP) is 3.72. The van der Waals surface area contributed by atoms with Crippen LogP contribution in [0.4, 0.5) is 0 Å². The fourth-order valence-corrected chi connectivity index (χ4v) is 7.18. The lowest BCUT2D eigenvalue weighted by molar-refractivity contribution is 0.0605. The molecule has 0 radical (unpaired) electrons. The monoisotopic (exact) mass is 466 g/mol. The molecule has 2 heterocycles. The van der Waals surface area contributed by atoms with E-state index in [0.717, 1.165) is 5.75 Å². The van der Waals surface area contributed by atoms with Gasteiger partial charge >= 0.3 is 0 Å². The summed E-state index contributed by atoms with van der Waals surface area (Å²) in [5.74, 6) is 1.36. The second-order valence-corrected chi connectivity index (χ2v) is 11.1. The number of sulfonamides is 1. The molecule has 2 fully saturated rings. The van der Waals surface area contributed by atoms with E-state index >= 15 is 0 Å². The SMILES string of the molecule is COc1ccc(S(=O)(=O)N2CCC3(CC2)SCCN3C(=O)c2ccccc2Cl)cc1. The Bertz CT molecular complexity index is 1040. The van der Waals surface area contributed by atoms with Gasteiger partial charge in [-0.1, -0.05) is 23.7 Å². The second kappa shape index (κ2) is 8.42. The summed E-state index contributed by atoms with van der Waals surface area (Å²) < 4.78 is 32.7. The zero-order chi connectivity index (χ0) is 21.4. The van der Waals surface area contributed by atoms with E-state index in [1.807, 2.05) is 4.90 Å². The van der Waals surface area contributed by atoms with Gasteiger partial charge in [-0.3, -0.25) is 4.79 Å². The molecule has 4 rings (SSSR count). The molecule has 0 unspecified atom stereocenters. The minimum atomic E-state index is -3.59. The molecule has 9 heteroatoms. The van der Waals surface area contributed by atoms with Crippen molar-refractivity contribution >= 4 is 39.3 Å². The average molecular weight is 467 g/mol. The third kappa shape index (κ3) is 3.82. The number of hydrogen-bond acceptors (Lipinski definition) is 5. The van der Waals surface area contributed by atoms with Crippen LogP contribution in [0.3, 0.4) is 0 Å². The maximum Gasteiger partial charge on any atom is 0.256 e. The molecule has 0 atom stereocenters. The van der Waals surface area contributed by atoms with Crippen LogP contribution in [-0.4, -0.2) is 60.9 Å². The van der Waals surface area contributed by atoms with Crippen LogP contribution < -0.4 is 4.74 Å². The molecule has 2 aromatic rings. The van der Waals surface area contributed by atoms with Gasteiger partial charge in [0.2, 0.25) is 10.0 Å². The highest BCUT2D eigenvalue weighted by Crippen LogP contribution is 2.45. The van der Waals surface area contributed by atoms with Gasteiger partial charge < -0.3 is 9.64 Å². The predicted molar refractivity (Wildman–Crippen MR) is 119 cm³/mol. The van der Waals surface area contributed by atoms with Crippen LogP contribution >= 0.6 is 23.4 Å². The van der Waals surface area contributed by atoms with E-state index in [1.165, 1.54) is 4.31 Å². The molecule has 0 bridgehead atoms. The van der Waals surface area contributed by atoms with E-state index in [1.54, 1.807) is 67.4 Å². The minimum Gasteiger partial charge on any atom is -0.497 e. The van der Waals surface area contributed by atoms with Crippen molar-refractivity contribution in [2.75, 3.05) is 32.5 Å². The summed E-state index contributed by atoms with van der Waals surface area (Å²) in [7, 11) is -2.04. The lowest BCUT2D eigenvalue weighted by Crippen LogP contribution is -2.53. The zero-order valence-electron chi connectivity index (χ0n) is 16.6. The summed E-state index contributed by atoms with van der Waals surface area (Å²) in [4.78, 5) is 14.9. The molecule has 2 aliphatic heterocycles. The van der Waals surface area contributed by atoms with Gasteiger partial charge in [-0.15, -0.1) is 11.8 Å². The first-order valence-electron chi connectivity index (χ1n) is 9.72. The molecule has 0 aromatic heterocycles. The van der Waals surface area contributed by atoms with Crippen molar-refractivity contribution in [3.8, 4) is 5.75 Å². The van der Waals surface area contributed by atoms with Crippen molar-refractivity contribution in [3.05, 3.63) is 59.1 Å². The van der Waals surface area contributed by atoms with E-state index in [0.29, 0.717) is 48.8 Å². The molecule has 2 saturated heterocycles. The van der Waals surface area contributed by atoms with Crippen molar-refractivity contribution in [2.24, 2.45) is 0 Å². The first kappa shape index (κ1) is 21.5. The number of benzene rings is 2. The van der Waals surface area contributed by atoms with Crippen LogP contribution in [0.2, 0.25) is 5.02 Å². The van der Waals surface area contributed by atoms with Crippen LogP contribution in [-0.2, 0) is 10.0 Å². The third-order valence-corrected chi connectivity index (χ3v) is 9.52. The topological polar surface area (TPSA) is 66.9 Å². The van der Waals surface area contributed by atoms with E-state index in [2.05, 4.69) is 0 Å². The van der Waals surface area contributed by atoms with Gasteiger partial charge in [0.1, 0.15) is 5.75 Å². The maximum atomic E-state index is 13.2. The molecule has 0 N–H and O–H groups in total. The van der Waals surface area contributed by atoms with Gasteiger partial charge in [0.15, 0.2) is 0 Å². The Labute approximate surface area is 186 Å².